The van der Waals surface area contributed by atoms with Crippen LogP contribution in [0.4, 0.5) is 10.5 Å². The van der Waals surface area contributed by atoms with Crippen LogP contribution in [-0.4, -0.2) is 85.1 Å². The highest BCUT2D eigenvalue weighted by atomic mass is 16.5. The summed E-state index contributed by atoms with van der Waals surface area (Å²) in [7, 11) is 0. The van der Waals surface area contributed by atoms with Gasteiger partial charge in [-0.15, -0.1) is 0 Å². The van der Waals surface area contributed by atoms with E-state index in [1.54, 1.807) is 4.90 Å². The van der Waals surface area contributed by atoms with Gasteiger partial charge in [-0.25, -0.2) is 4.79 Å². The second kappa shape index (κ2) is 8.20. The number of urea groups is 1. The van der Waals surface area contributed by atoms with Gasteiger partial charge >= 0.3 is 6.03 Å². The lowest BCUT2D eigenvalue weighted by molar-refractivity contribution is -0.127. The van der Waals surface area contributed by atoms with Crippen molar-refractivity contribution in [2.24, 2.45) is 0 Å². The summed E-state index contributed by atoms with van der Waals surface area (Å²) in [5.74, 6) is 0.216. The lowest BCUT2D eigenvalue weighted by Gasteiger charge is -2.46. The molecular formula is C21H30N4O4. The maximum atomic E-state index is 12.8. The van der Waals surface area contributed by atoms with Crippen LogP contribution in [0.2, 0.25) is 0 Å². The summed E-state index contributed by atoms with van der Waals surface area (Å²) >= 11 is 0. The highest BCUT2D eigenvalue weighted by molar-refractivity contribution is 5.77. The van der Waals surface area contributed by atoms with Crippen molar-refractivity contribution in [3.63, 3.8) is 0 Å². The third-order valence-electron chi connectivity index (χ3n) is 5.87. The molecule has 3 saturated heterocycles. The van der Waals surface area contributed by atoms with E-state index >= 15 is 0 Å². The first-order valence-electron chi connectivity index (χ1n) is 10.4. The number of likely N-dealkylation sites (tertiary alicyclic amines) is 1. The predicted molar refractivity (Wildman–Crippen MR) is 109 cm³/mol. The number of hydrogen-bond acceptors (Lipinski definition) is 5. The Bertz CT molecular complexity index is 738. The van der Waals surface area contributed by atoms with Crippen LogP contribution in [-0.2, 0) is 9.53 Å². The second-order valence-corrected chi connectivity index (χ2v) is 8.63. The summed E-state index contributed by atoms with van der Waals surface area (Å²) in [6.07, 6.45) is 1.70. The van der Waals surface area contributed by atoms with Crippen molar-refractivity contribution in [1.29, 1.82) is 0 Å². The smallest absolute Gasteiger partial charge is 0.321 e. The Balaban J connectivity index is 1.27. The summed E-state index contributed by atoms with van der Waals surface area (Å²) in [6, 6.07) is 8.43. The molecule has 158 valence electrons. The van der Waals surface area contributed by atoms with Gasteiger partial charge in [0.15, 0.2) is 0 Å². The van der Waals surface area contributed by atoms with Crippen molar-refractivity contribution in [1.82, 2.24) is 15.1 Å². The zero-order chi connectivity index (χ0) is 20.4. The molecule has 0 aliphatic carbocycles. The number of ether oxygens (including phenoxy) is 1. The molecule has 0 radical (unpaired) electrons. The lowest BCUT2D eigenvalue weighted by Crippen LogP contribution is -2.60. The first kappa shape index (κ1) is 20.0. The van der Waals surface area contributed by atoms with E-state index < -0.39 is 5.60 Å². The number of nitrogens with zero attached hydrogens (tertiary/aromatic N) is 3. The van der Waals surface area contributed by atoms with Crippen molar-refractivity contribution >= 4 is 17.6 Å². The fourth-order valence-electron chi connectivity index (χ4n) is 4.13. The van der Waals surface area contributed by atoms with Crippen LogP contribution < -0.4 is 10.2 Å². The first-order chi connectivity index (χ1) is 13.9. The number of benzene rings is 1. The van der Waals surface area contributed by atoms with E-state index in [0.717, 1.165) is 18.5 Å². The van der Waals surface area contributed by atoms with Crippen molar-refractivity contribution < 1.29 is 19.4 Å². The molecule has 29 heavy (non-hydrogen) atoms. The van der Waals surface area contributed by atoms with Crippen LogP contribution in [0.15, 0.2) is 24.3 Å². The Hall–Kier alpha value is -2.32. The molecule has 0 unspecified atom stereocenters. The van der Waals surface area contributed by atoms with Gasteiger partial charge < -0.3 is 29.9 Å². The van der Waals surface area contributed by atoms with Crippen molar-refractivity contribution in [2.75, 3.05) is 57.5 Å². The molecule has 1 aromatic rings. The Morgan fingerprint density at radius 1 is 1.17 bits per heavy atom. The lowest BCUT2D eigenvalue weighted by atomic mass is 9.90. The molecule has 0 bridgehead atoms. The topological polar surface area (TPSA) is 85.4 Å². The Kier molecular flexibility index (Phi) is 5.65. The zero-order valence-corrected chi connectivity index (χ0v) is 17.0. The number of anilines is 1. The van der Waals surface area contributed by atoms with E-state index in [9.17, 15) is 14.7 Å². The van der Waals surface area contributed by atoms with Gasteiger partial charge in [0.25, 0.3) is 0 Å². The molecule has 3 fully saturated rings. The van der Waals surface area contributed by atoms with Crippen molar-refractivity contribution in [3.8, 4) is 0 Å². The number of carbonyl (C=O) groups excluding carboxylic acids is 2. The molecule has 3 heterocycles. The Morgan fingerprint density at radius 2 is 1.90 bits per heavy atom. The highest BCUT2D eigenvalue weighted by Gasteiger charge is 2.37. The van der Waals surface area contributed by atoms with Crippen molar-refractivity contribution in [2.45, 2.75) is 31.3 Å². The van der Waals surface area contributed by atoms with Gasteiger partial charge in [0.2, 0.25) is 5.91 Å². The van der Waals surface area contributed by atoms with Crippen LogP contribution >= 0.6 is 0 Å². The van der Waals surface area contributed by atoms with E-state index in [1.165, 1.54) is 5.56 Å². The fourth-order valence-corrected chi connectivity index (χ4v) is 4.13. The Morgan fingerprint density at radius 3 is 2.59 bits per heavy atom. The van der Waals surface area contributed by atoms with E-state index in [-0.39, 0.29) is 25.3 Å². The molecular weight excluding hydrogens is 372 g/mol. The largest absolute Gasteiger partial charge is 0.386 e. The number of amides is 3. The quantitative estimate of drug-likeness (QED) is 0.770. The normalized spacial score (nSPS) is 23.1. The first-order valence-corrected chi connectivity index (χ1v) is 10.4. The predicted octanol–water partition coefficient (Wildman–Crippen LogP) is 0.963. The summed E-state index contributed by atoms with van der Waals surface area (Å²) in [5, 5.41) is 12.7. The van der Waals surface area contributed by atoms with Gasteiger partial charge in [0.1, 0.15) is 13.3 Å². The molecule has 8 heteroatoms. The van der Waals surface area contributed by atoms with Gasteiger partial charge in [0.05, 0.1) is 5.60 Å². The highest BCUT2D eigenvalue weighted by Crippen LogP contribution is 2.32. The Labute approximate surface area is 171 Å². The van der Waals surface area contributed by atoms with Gasteiger partial charge in [-0.3, -0.25) is 4.79 Å². The number of aliphatic hydroxyl groups is 1. The van der Waals surface area contributed by atoms with Gasteiger partial charge in [-0.05, 0) is 37.5 Å². The molecule has 0 spiro atoms. The minimum absolute atomic E-state index is 0.00873. The molecule has 2 N–H and O–H groups in total. The molecule has 0 saturated carbocycles. The third-order valence-corrected chi connectivity index (χ3v) is 5.87. The molecule has 8 nitrogen and oxygen atoms in total. The van der Waals surface area contributed by atoms with Crippen LogP contribution in [0.3, 0.4) is 0 Å². The van der Waals surface area contributed by atoms with Crippen LogP contribution in [0.1, 0.15) is 31.2 Å². The standard InChI is InChI=1S/C21H30N4O4/c1-21(28)13-25(14-21)18-6-4-16(5-7-18)17-10-24(11-17)20(27)23-9-3-2-8-22-19(26)12-29-15-23/h4-7,17,28H,2-3,8-15H2,1H3,(H,22,26). The zero-order valence-electron chi connectivity index (χ0n) is 17.0. The van der Waals surface area contributed by atoms with E-state index in [4.69, 9.17) is 4.74 Å². The van der Waals surface area contributed by atoms with Crippen molar-refractivity contribution in [3.05, 3.63) is 29.8 Å². The fraction of sp³-hybridized carbons (Fsp3) is 0.619. The summed E-state index contributed by atoms with van der Waals surface area (Å²) in [4.78, 5) is 30.0. The SMILES string of the molecule is CC1(O)CN(c2ccc(C3CN(C(=O)N4CCCCNC(=O)COC4)C3)cc2)C1. The monoisotopic (exact) mass is 402 g/mol. The van der Waals surface area contributed by atoms with E-state index in [0.29, 0.717) is 45.2 Å². The second-order valence-electron chi connectivity index (χ2n) is 8.63. The molecule has 3 aliphatic rings. The van der Waals surface area contributed by atoms with Gasteiger partial charge in [-0.1, -0.05) is 12.1 Å². The molecule has 0 atom stereocenters. The summed E-state index contributed by atoms with van der Waals surface area (Å²) in [5.41, 5.74) is 1.78. The van der Waals surface area contributed by atoms with Crippen LogP contribution in [0, 0.1) is 0 Å². The third kappa shape index (κ3) is 4.64. The van der Waals surface area contributed by atoms with E-state index in [2.05, 4.69) is 34.5 Å². The molecule has 3 amide bonds. The molecule has 3 aliphatic heterocycles. The number of β-amino-alcohol motifs (C(OH)–C–C–N with tert-alkyl or cyclic N) is 1. The van der Waals surface area contributed by atoms with Gasteiger partial charge in [0, 0.05) is 50.9 Å². The maximum absolute atomic E-state index is 12.8. The number of hydrogen-bond donors (Lipinski definition) is 2. The maximum Gasteiger partial charge on any atom is 0.321 e. The molecule has 4 rings (SSSR count). The average molecular weight is 402 g/mol. The average Bonchev–Trinajstić information content (AvgIpc) is 2.64. The number of nitrogens with one attached hydrogen (secondary N) is 1. The van der Waals surface area contributed by atoms with Crippen LogP contribution in [0.25, 0.3) is 0 Å². The minimum Gasteiger partial charge on any atom is -0.386 e. The number of rotatable bonds is 2. The summed E-state index contributed by atoms with van der Waals surface area (Å²) < 4.78 is 5.40. The van der Waals surface area contributed by atoms with E-state index in [1.807, 2.05) is 11.8 Å². The van der Waals surface area contributed by atoms with Gasteiger partial charge in [-0.2, -0.15) is 0 Å². The molecule has 0 aromatic heterocycles. The summed E-state index contributed by atoms with van der Waals surface area (Å²) in [6.45, 7) is 6.00. The minimum atomic E-state index is -0.578. The van der Waals surface area contributed by atoms with Crippen LogP contribution in [0.5, 0.6) is 0 Å². The number of carbonyl (C=O) groups is 2. The molecule has 1 aromatic carbocycles.